The fraction of sp³-hybridized carbons (Fsp3) is 0.625. The summed E-state index contributed by atoms with van der Waals surface area (Å²) in [6.07, 6.45) is 5.65. The minimum atomic E-state index is -0.0805. The molecule has 102 valence electrons. The van der Waals surface area contributed by atoms with Gasteiger partial charge in [-0.05, 0) is 37.4 Å². The van der Waals surface area contributed by atoms with E-state index >= 15 is 0 Å². The van der Waals surface area contributed by atoms with Crippen molar-refractivity contribution in [3.63, 3.8) is 0 Å². The molecule has 0 aromatic heterocycles. The van der Waals surface area contributed by atoms with E-state index in [4.69, 9.17) is 0 Å². The summed E-state index contributed by atoms with van der Waals surface area (Å²) in [5.41, 5.74) is 0.826. The van der Waals surface area contributed by atoms with Gasteiger partial charge in [-0.3, -0.25) is 0 Å². The molecule has 1 rings (SSSR count). The molecule has 1 aromatic rings. The van der Waals surface area contributed by atoms with E-state index in [-0.39, 0.29) is 5.82 Å². The average molecular weight is 251 g/mol. The maximum Gasteiger partial charge on any atom is 0.126 e. The fourth-order valence-electron chi connectivity index (χ4n) is 2.56. The lowest BCUT2D eigenvalue weighted by Gasteiger charge is -2.26. The number of likely N-dealkylation sites (N-methyl/N-ethyl adjacent to an activating group) is 1. The van der Waals surface area contributed by atoms with Gasteiger partial charge in [0.2, 0.25) is 0 Å². The molecule has 2 heteroatoms. The lowest BCUT2D eigenvalue weighted by atomic mass is 9.87. The van der Waals surface area contributed by atoms with Gasteiger partial charge in [0.25, 0.3) is 0 Å². The zero-order valence-electron chi connectivity index (χ0n) is 11.9. The second-order valence-electron chi connectivity index (χ2n) is 5.00. The Morgan fingerprint density at radius 3 is 2.50 bits per heavy atom. The van der Waals surface area contributed by atoms with Crippen molar-refractivity contribution in [1.82, 2.24) is 5.32 Å². The number of halogens is 1. The van der Waals surface area contributed by atoms with Crippen LogP contribution in [0, 0.1) is 11.7 Å². The predicted molar refractivity (Wildman–Crippen MR) is 76.3 cm³/mol. The molecule has 0 heterocycles. The molecular weight excluding hydrogens is 225 g/mol. The zero-order chi connectivity index (χ0) is 13.4. The summed E-state index contributed by atoms with van der Waals surface area (Å²) in [6.45, 7) is 4.45. The second kappa shape index (κ2) is 8.25. The Kier molecular flexibility index (Phi) is 6.96. The summed E-state index contributed by atoms with van der Waals surface area (Å²) < 4.78 is 13.7. The van der Waals surface area contributed by atoms with Crippen molar-refractivity contribution < 1.29 is 4.39 Å². The van der Waals surface area contributed by atoms with Gasteiger partial charge in [-0.2, -0.15) is 0 Å². The Balaban J connectivity index is 2.67. The van der Waals surface area contributed by atoms with E-state index < -0.39 is 0 Å². The van der Waals surface area contributed by atoms with E-state index in [0.29, 0.717) is 12.0 Å². The molecule has 1 aromatic carbocycles. The standard InChI is InChI=1S/C16H26FN/c1-4-6-9-13(5-2)16(18-3)12-14-10-7-8-11-15(14)17/h7-8,10-11,13,16,18H,4-6,9,12H2,1-3H3. The van der Waals surface area contributed by atoms with Crippen LogP contribution in [0.4, 0.5) is 4.39 Å². The third kappa shape index (κ3) is 4.41. The topological polar surface area (TPSA) is 12.0 Å². The quantitative estimate of drug-likeness (QED) is 0.731. The van der Waals surface area contributed by atoms with Crippen LogP contribution >= 0.6 is 0 Å². The highest BCUT2D eigenvalue weighted by Gasteiger charge is 2.19. The van der Waals surface area contributed by atoms with Gasteiger partial charge in [0.15, 0.2) is 0 Å². The van der Waals surface area contributed by atoms with Crippen molar-refractivity contribution in [3.05, 3.63) is 35.6 Å². The molecule has 0 saturated heterocycles. The Morgan fingerprint density at radius 1 is 1.22 bits per heavy atom. The van der Waals surface area contributed by atoms with E-state index in [1.807, 2.05) is 19.2 Å². The third-order valence-corrected chi connectivity index (χ3v) is 3.79. The number of benzene rings is 1. The number of hydrogen-bond acceptors (Lipinski definition) is 1. The van der Waals surface area contributed by atoms with Crippen LogP contribution in [0.5, 0.6) is 0 Å². The zero-order valence-corrected chi connectivity index (χ0v) is 11.9. The molecule has 2 unspecified atom stereocenters. The molecule has 0 aliphatic heterocycles. The number of nitrogens with one attached hydrogen (secondary N) is 1. The van der Waals surface area contributed by atoms with Gasteiger partial charge in [0, 0.05) is 6.04 Å². The molecule has 0 aliphatic rings. The van der Waals surface area contributed by atoms with Crippen molar-refractivity contribution in [2.45, 2.75) is 52.0 Å². The van der Waals surface area contributed by atoms with E-state index in [9.17, 15) is 4.39 Å². The molecule has 0 bridgehead atoms. The minimum Gasteiger partial charge on any atom is -0.316 e. The van der Waals surface area contributed by atoms with Gasteiger partial charge < -0.3 is 5.32 Å². The maximum atomic E-state index is 13.7. The van der Waals surface area contributed by atoms with Crippen LogP contribution in [0.1, 0.15) is 45.1 Å². The summed E-state index contributed by atoms with van der Waals surface area (Å²) in [5, 5.41) is 3.37. The molecule has 1 N–H and O–H groups in total. The number of hydrogen-bond donors (Lipinski definition) is 1. The monoisotopic (exact) mass is 251 g/mol. The van der Waals surface area contributed by atoms with Crippen LogP contribution in [0.3, 0.4) is 0 Å². The second-order valence-corrected chi connectivity index (χ2v) is 5.00. The van der Waals surface area contributed by atoms with Crippen molar-refractivity contribution in [1.29, 1.82) is 0 Å². The van der Waals surface area contributed by atoms with Crippen LogP contribution in [0.25, 0.3) is 0 Å². The molecule has 0 amide bonds. The Labute approximate surface area is 111 Å². The van der Waals surface area contributed by atoms with Crippen LogP contribution in [-0.4, -0.2) is 13.1 Å². The van der Waals surface area contributed by atoms with Crippen LogP contribution in [0.15, 0.2) is 24.3 Å². The molecular formula is C16H26FN. The summed E-state index contributed by atoms with van der Waals surface area (Å²) in [5.74, 6) is 0.553. The lowest BCUT2D eigenvalue weighted by molar-refractivity contribution is 0.328. The first-order chi connectivity index (χ1) is 8.72. The first-order valence-corrected chi connectivity index (χ1v) is 7.13. The molecule has 0 aliphatic carbocycles. The molecule has 2 atom stereocenters. The van der Waals surface area contributed by atoms with Gasteiger partial charge >= 0.3 is 0 Å². The average Bonchev–Trinajstić information content (AvgIpc) is 2.40. The summed E-state index contributed by atoms with van der Waals surface area (Å²) >= 11 is 0. The Hall–Kier alpha value is -0.890. The van der Waals surface area contributed by atoms with E-state index in [0.717, 1.165) is 18.4 Å². The van der Waals surface area contributed by atoms with Gasteiger partial charge in [-0.25, -0.2) is 4.39 Å². The van der Waals surface area contributed by atoms with Crippen LogP contribution in [-0.2, 0) is 6.42 Å². The van der Waals surface area contributed by atoms with E-state index in [2.05, 4.69) is 19.2 Å². The number of unbranched alkanes of at least 4 members (excludes halogenated alkanes) is 1. The van der Waals surface area contributed by atoms with Crippen molar-refractivity contribution >= 4 is 0 Å². The number of rotatable bonds is 8. The SMILES string of the molecule is CCCCC(CC)C(Cc1ccccc1F)NC. The predicted octanol–water partition coefficient (Wildman–Crippen LogP) is 4.17. The summed E-state index contributed by atoms with van der Waals surface area (Å²) in [4.78, 5) is 0. The van der Waals surface area contributed by atoms with Crippen LogP contribution in [0.2, 0.25) is 0 Å². The Bertz CT molecular complexity index is 338. The Morgan fingerprint density at radius 2 is 1.94 bits per heavy atom. The molecule has 1 nitrogen and oxygen atoms in total. The van der Waals surface area contributed by atoms with Gasteiger partial charge in [0.05, 0.1) is 0 Å². The van der Waals surface area contributed by atoms with Crippen molar-refractivity contribution in [2.75, 3.05) is 7.05 Å². The molecule has 0 saturated carbocycles. The molecule has 0 fully saturated rings. The van der Waals surface area contributed by atoms with E-state index in [1.54, 1.807) is 12.1 Å². The highest BCUT2D eigenvalue weighted by Crippen LogP contribution is 2.21. The van der Waals surface area contributed by atoms with Gasteiger partial charge in [-0.1, -0.05) is 51.3 Å². The smallest absolute Gasteiger partial charge is 0.126 e. The molecule has 0 radical (unpaired) electrons. The highest BCUT2D eigenvalue weighted by molar-refractivity contribution is 5.18. The fourth-order valence-corrected chi connectivity index (χ4v) is 2.56. The first kappa shape index (κ1) is 15.2. The van der Waals surface area contributed by atoms with Gasteiger partial charge in [-0.15, -0.1) is 0 Å². The minimum absolute atomic E-state index is 0.0805. The van der Waals surface area contributed by atoms with Gasteiger partial charge in [0.1, 0.15) is 5.82 Å². The van der Waals surface area contributed by atoms with Crippen molar-refractivity contribution in [2.24, 2.45) is 5.92 Å². The molecule has 18 heavy (non-hydrogen) atoms. The molecule has 0 spiro atoms. The van der Waals surface area contributed by atoms with Crippen LogP contribution < -0.4 is 5.32 Å². The normalized spacial score (nSPS) is 14.4. The van der Waals surface area contributed by atoms with E-state index in [1.165, 1.54) is 19.3 Å². The maximum absolute atomic E-state index is 13.7. The third-order valence-electron chi connectivity index (χ3n) is 3.79. The van der Waals surface area contributed by atoms with Crippen molar-refractivity contribution in [3.8, 4) is 0 Å². The largest absolute Gasteiger partial charge is 0.316 e. The first-order valence-electron chi connectivity index (χ1n) is 7.13. The lowest BCUT2D eigenvalue weighted by Crippen LogP contribution is -2.35. The summed E-state index contributed by atoms with van der Waals surface area (Å²) in [6, 6.07) is 7.49. The highest BCUT2D eigenvalue weighted by atomic mass is 19.1. The summed E-state index contributed by atoms with van der Waals surface area (Å²) in [7, 11) is 1.99.